The maximum absolute atomic E-state index is 8.64. The zero-order chi connectivity index (χ0) is 8.53. The van der Waals surface area contributed by atoms with Crippen molar-refractivity contribution in [1.82, 2.24) is 0 Å². The van der Waals surface area contributed by atoms with Crippen molar-refractivity contribution >= 4 is 0 Å². The van der Waals surface area contributed by atoms with E-state index >= 15 is 0 Å². The van der Waals surface area contributed by atoms with Crippen molar-refractivity contribution in [2.75, 3.05) is 6.61 Å². The predicted molar refractivity (Wildman–Crippen MR) is 49.6 cm³/mol. The van der Waals surface area contributed by atoms with Crippen molar-refractivity contribution in [2.24, 2.45) is 5.92 Å². The van der Waals surface area contributed by atoms with E-state index < -0.39 is 0 Å². The van der Waals surface area contributed by atoms with Gasteiger partial charge in [0.1, 0.15) is 0 Å². The maximum Gasteiger partial charge on any atom is 0.0433 e. The molecule has 68 valence electrons. The van der Waals surface area contributed by atoms with E-state index in [2.05, 4.69) is 13.8 Å². The maximum atomic E-state index is 8.64. The van der Waals surface area contributed by atoms with E-state index in [4.69, 9.17) is 5.11 Å². The Morgan fingerprint density at radius 3 is 2.36 bits per heavy atom. The average molecular weight is 158 g/mol. The van der Waals surface area contributed by atoms with Crippen LogP contribution in [0.3, 0.4) is 0 Å². The third-order valence-corrected chi connectivity index (χ3v) is 2.17. The van der Waals surface area contributed by atoms with Gasteiger partial charge in [-0.05, 0) is 12.3 Å². The van der Waals surface area contributed by atoms with E-state index in [0.29, 0.717) is 6.61 Å². The monoisotopic (exact) mass is 158 g/mol. The third kappa shape index (κ3) is 7.86. The van der Waals surface area contributed by atoms with E-state index in [1.807, 2.05) is 0 Å². The van der Waals surface area contributed by atoms with Crippen molar-refractivity contribution in [3.8, 4) is 0 Å². The predicted octanol–water partition coefficient (Wildman–Crippen LogP) is 2.98. The van der Waals surface area contributed by atoms with Crippen LogP contribution in [0.5, 0.6) is 0 Å². The molecule has 1 heteroatoms. The first-order valence-electron chi connectivity index (χ1n) is 4.92. The Morgan fingerprint density at radius 2 is 1.82 bits per heavy atom. The van der Waals surface area contributed by atoms with Gasteiger partial charge < -0.3 is 5.11 Å². The topological polar surface area (TPSA) is 20.2 Å². The van der Waals surface area contributed by atoms with Gasteiger partial charge in [-0.15, -0.1) is 0 Å². The van der Waals surface area contributed by atoms with E-state index in [1.165, 1.54) is 32.1 Å². The molecule has 0 fully saturated rings. The molecule has 0 spiro atoms. The van der Waals surface area contributed by atoms with Crippen molar-refractivity contribution in [3.63, 3.8) is 0 Å². The summed E-state index contributed by atoms with van der Waals surface area (Å²) in [5, 5.41) is 8.64. The van der Waals surface area contributed by atoms with E-state index in [-0.39, 0.29) is 0 Å². The van der Waals surface area contributed by atoms with Crippen LogP contribution in [0.15, 0.2) is 0 Å². The Balaban J connectivity index is 2.97. The minimum Gasteiger partial charge on any atom is -0.396 e. The molecule has 0 aromatic carbocycles. The fourth-order valence-electron chi connectivity index (χ4n) is 1.28. The standard InChI is InChI=1S/C10H22O/c1-3-4-5-6-7-10(2)8-9-11/h10-11H,3-9H2,1-2H3/t10-/m0/s1. The summed E-state index contributed by atoms with van der Waals surface area (Å²) in [7, 11) is 0. The SMILES string of the molecule is CCCCCC[C@H](C)CCO. The van der Waals surface area contributed by atoms with Gasteiger partial charge in [0, 0.05) is 6.61 Å². The molecule has 0 aliphatic rings. The van der Waals surface area contributed by atoms with Crippen molar-refractivity contribution in [2.45, 2.75) is 52.4 Å². The van der Waals surface area contributed by atoms with Gasteiger partial charge in [0.15, 0.2) is 0 Å². The Hall–Kier alpha value is -0.0400. The molecule has 0 saturated carbocycles. The summed E-state index contributed by atoms with van der Waals surface area (Å²) in [6, 6.07) is 0. The summed E-state index contributed by atoms with van der Waals surface area (Å²) in [4.78, 5) is 0. The highest BCUT2D eigenvalue weighted by Crippen LogP contribution is 2.12. The van der Waals surface area contributed by atoms with Crippen LogP contribution in [-0.2, 0) is 0 Å². The Bertz CT molecular complexity index is 71.3. The lowest BCUT2D eigenvalue weighted by molar-refractivity contribution is 0.256. The molecule has 0 radical (unpaired) electrons. The lowest BCUT2D eigenvalue weighted by Gasteiger charge is -2.07. The van der Waals surface area contributed by atoms with Gasteiger partial charge in [0.2, 0.25) is 0 Å². The minimum atomic E-state index is 0.356. The molecule has 0 aliphatic heterocycles. The van der Waals surface area contributed by atoms with Crippen LogP contribution >= 0.6 is 0 Å². The van der Waals surface area contributed by atoms with Gasteiger partial charge >= 0.3 is 0 Å². The summed E-state index contributed by atoms with van der Waals surface area (Å²) in [6.07, 6.45) is 7.66. The molecule has 0 aromatic heterocycles. The first-order chi connectivity index (χ1) is 5.31. The highest BCUT2D eigenvalue weighted by atomic mass is 16.2. The number of aliphatic hydroxyl groups excluding tert-OH is 1. The lowest BCUT2D eigenvalue weighted by Crippen LogP contribution is -1.97. The van der Waals surface area contributed by atoms with Crippen LogP contribution in [0.1, 0.15) is 52.4 Å². The Labute approximate surface area is 70.8 Å². The third-order valence-electron chi connectivity index (χ3n) is 2.17. The number of hydrogen-bond acceptors (Lipinski definition) is 1. The number of rotatable bonds is 7. The lowest BCUT2D eigenvalue weighted by atomic mass is 10.00. The van der Waals surface area contributed by atoms with Gasteiger partial charge in [-0.2, -0.15) is 0 Å². The molecule has 0 heterocycles. The quantitative estimate of drug-likeness (QED) is 0.565. The van der Waals surface area contributed by atoms with Crippen molar-refractivity contribution in [1.29, 1.82) is 0 Å². The van der Waals surface area contributed by atoms with Crippen LogP contribution < -0.4 is 0 Å². The first kappa shape index (κ1) is 11.0. The molecule has 0 rings (SSSR count). The summed E-state index contributed by atoms with van der Waals surface area (Å²) >= 11 is 0. The van der Waals surface area contributed by atoms with Crippen molar-refractivity contribution in [3.05, 3.63) is 0 Å². The average Bonchev–Trinajstić information content (AvgIpc) is 1.99. The van der Waals surface area contributed by atoms with Crippen LogP contribution in [-0.4, -0.2) is 11.7 Å². The highest BCUT2D eigenvalue weighted by molar-refractivity contribution is 4.52. The molecule has 1 nitrogen and oxygen atoms in total. The van der Waals surface area contributed by atoms with Crippen LogP contribution in [0.4, 0.5) is 0 Å². The van der Waals surface area contributed by atoms with Gasteiger partial charge in [-0.1, -0.05) is 46.0 Å². The van der Waals surface area contributed by atoms with Crippen LogP contribution in [0, 0.1) is 5.92 Å². The first-order valence-corrected chi connectivity index (χ1v) is 4.92. The molecular formula is C10H22O. The van der Waals surface area contributed by atoms with E-state index in [0.717, 1.165) is 12.3 Å². The molecule has 11 heavy (non-hydrogen) atoms. The Morgan fingerprint density at radius 1 is 1.09 bits per heavy atom. The second-order valence-corrected chi connectivity index (χ2v) is 3.47. The zero-order valence-corrected chi connectivity index (χ0v) is 7.97. The fraction of sp³-hybridized carbons (Fsp3) is 1.00. The highest BCUT2D eigenvalue weighted by Gasteiger charge is 1.99. The van der Waals surface area contributed by atoms with Crippen LogP contribution in [0.2, 0.25) is 0 Å². The molecule has 0 aliphatic carbocycles. The molecule has 1 N–H and O–H groups in total. The molecule has 0 unspecified atom stereocenters. The second kappa shape index (κ2) is 8.06. The molecule has 0 bridgehead atoms. The van der Waals surface area contributed by atoms with Gasteiger partial charge in [-0.25, -0.2) is 0 Å². The van der Waals surface area contributed by atoms with E-state index in [1.54, 1.807) is 0 Å². The second-order valence-electron chi connectivity index (χ2n) is 3.47. The smallest absolute Gasteiger partial charge is 0.0433 e. The summed E-state index contributed by atoms with van der Waals surface area (Å²) in [5.74, 6) is 0.719. The summed E-state index contributed by atoms with van der Waals surface area (Å²) in [6.45, 7) is 4.81. The minimum absolute atomic E-state index is 0.356. The Kier molecular flexibility index (Phi) is 8.03. The van der Waals surface area contributed by atoms with Crippen LogP contribution in [0.25, 0.3) is 0 Å². The molecule has 1 atom stereocenters. The molecule has 0 saturated heterocycles. The zero-order valence-electron chi connectivity index (χ0n) is 7.97. The normalized spacial score (nSPS) is 13.4. The van der Waals surface area contributed by atoms with Gasteiger partial charge in [0.05, 0.1) is 0 Å². The van der Waals surface area contributed by atoms with E-state index in [9.17, 15) is 0 Å². The fourth-order valence-corrected chi connectivity index (χ4v) is 1.28. The summed E-state index contributed by atoms with van der Waals surface area (Å²) < 4.78 is 0. The van der Waals surface area contributed by atoms with Gasteiger partial charge in [-0.3, -0.25) is 0 Å². The number of hydrogen-bond donors (Lipinski definition) is 1. The van der Waals surface area contributed by atoms with Gasteiger partial charge in [0.25, 0.3) is 0 Å². The summed E-state index contributed by atoms with van der Waals surface area (Å²) in [5.41, 5.74) is 0. The number of aliphatic hydroxyl groups is 1. The largest absolute Gasteiger partial charge is 0.396 e. The molecule has 0 aromatic rings. The van der Waals surface area contributed by atoms with Crippen molar-refractivity contribution < 1.29 is 5.11 Å². The number of unbranched alkanes of at least 4 members (excludes halogenated alkanes) is 3. The molecular weight excluding hydrogens is 136 g/mol. The molecule has 0 amide bonds.